The number of nitrogens with zero attached hydrogens (tertiary/aromatic N) is 1. The first kappa shape index (κ1) is 9.46. The van der Waals surface area contributed by atoms with Gasteiger partial charge in [-0.25, -0.2) is 0 Å². The molecule has 0 aromatic rings. The molecular weight excluding hydrogens is 152 g/mol. The van der Waals surface area contributed by atoms with Crippen LogP contribution in [0.25, 0.3) is 0 Å². The molecule has 0 unspecified atom stereocenters. The maximum Gasteiger partial charge on any atom is 0.246 e. The highest BCUT2D eigenvalue weighted by Crippen LogP contribution is 2.04. The minimum atomic E-state index is -0.0169. The third-order valence-corrected chi connectivity index (χ3v) is 1.40. The molecule has 0 aromatic carbocycles. The van der Waals surface area contributed by atoms with E-state index >= 15 is 0 Å². The van der Waals surface area contributed by atoms with Crippen LogP contribution in [0.1, 0.15) is 0 Å². The molecule has 0 saturated carbocycles. The number of hydrogen-bond donors (Lipinski definition) is 1. The van der Waals surface area contributed by atoms with E-state index in [0.29, 0.717) is 13.1 Å². The second-order valence-corrected chi connectivity index (χ2v) is 2.21. The van der Waals surface area contributed by atoms with E-state index in [1.165, 1.54) is 6.08 Å². The molecule has 0 aromatic heterocycles. The van der Waals surface area contributed by atoms with Gasteiger partial charge in [0.25, 0.3) is 0 Å². The van der Waals surface area contributed by atoms with Crippen LogP contribution in [0.2, 0.25) is 0 Å². The van der Waals surface area contributed by atoms with E-state index in [2.05, 4.69) is 6.58 Å². The molecule has 2 N–H and O–H groups in total. The van der Waals surface area contributed by atoms with Gasteiger partial charge in [0.15, 0.2) is 0 Å². The highest BCUT2D eigenvalue weighted by atomic mass is 35.5. The van der Waals surface area contributed by atoms with Gasteiger partial charge in [-0.1, -0.05) is 6.58 Å². The van der Waals surface area contributed by atoms with Crippen molar-refractivity contribution in [1.82, 2.24) is 4.90 Å². The second-order valence-electron chi connectivity index (χ2n) is 2.21. The normalized spacial score (nSPS) is 17.1. The zero-order chi connectivity index (χ0) is 6.85. The van der Waals surface area contributed by atoms with Gasteiger partial charge in [0.1, 0.15) is 0 Å². The molecule has 1 heterocycles. The molecular formula is C6H11ClN2O. The number of rotatable bonds is 1. The molecule has 1 amide bonds. The van der Waals surface area contributed by atoms with Crippen LogP contribution in [0.3, 0.4) is 0 Å². The second kappa shape index (κ2) is 3.58. The van der Waals surface area contributed by atoms with E-state index in [4.69, 9.17) is 5.73 Å². The van der Waals surface area contributed by atoms with Gasteiger partial charge >= 0.3 is 0 Å². The summed E-state index contributed by atoms with van der Waals surface area (Å²) in [6, 6.07) is 0.189. The van der Waals surface area contributed by atoms with Crippen LogP contribution in [0, 0.1) is 0 Å². The first-order valence-corrected chi connectivity index (χ1v) is 2.91. The topological polar surface area (TPSA) is 46.3 Å². The number of nitrogens with two attached hydrogens (primary N) is 1. The largest absolute Gasteiger partial charge is 0.336 e. The van der Waals surface area contributed by atoms with E-state index in [-0.39, 0.29) is 24.4 Å². The summed E-state index contributed by atoms with van der Waals surface area (Å²) < 4.78 is 0. The van der Waals surface area contributed by atoms with Crippen molar-refractivity contribution in [2.24, 2.45) is 5.73 Å². The lowest BCUT2D eigenvalue weighted by Crippen LogP contribution is -2.57. The number of hydrogen-bond acceptors (Lipinski definition) is 2. The van der Waals surface area contributed by atoms with E-state index in [1.54, 1.807) is 4.90 Å². The lowest BCUT2D eigenvalue weighted by molar-refractivity contribution is -0.130. The van der Waals surface area contributed by atoms with Crippen molar-refractivity contribution in [3.63, 3.8) is 0 Å². The smallest absolute Gasteiger partial charge is 0.246 e. The summed E-state index contributed by atoms with van der Waals surface area (Å²) in [5, 5.41) is 0. The minimum absolute atomic E-state index is 0. The highest BCUT2D eigenvalue weighted by Gasteiger charge is 2.25. The highest BCUT2D eigenvalue weighted by molar-refractivity contribution is 5.87. The fourth-order valence-corrected chi connectivity index (χ4v) is 0.822. The van der Waals surface area contributed by atoms with Crippen molar-refractivity contribution in [1.29, 1.82) is 0 Å². The summed E-state index contributed by atoms with van der Waals surface area (Å²) in [6.45, 7) is 4.73. The van der Waals surface area contributed by atoms with Gasteiger partial charge in [-0.05, 0) is 6.08 Å². The minimum Gasteiger partial charge on any atom is -0.336 e. The van der Waals surface area contributed by atoms with E-state index in [0.717, 1.165) is 0 Å². The van der Waals surface area contributed by atoms with Gasteiger partial charge < -0.3 is 10.6 Å². The summed E-state index contributed by atoms with van der Waals surface area (Å²) in [4.78, 5) is 12.4. The molecule has 3 nitrogen and oxygen atoms in total. The number of amides is 1. The van der Waals surface area contributed by atoms with Crippen molar-refractivity contribution in [3.8, 4) is 0 Å². The third kappa shape index (κ3) is 1.72. The van der Waals surface area contributed by atoms with Crippen molar-refractivity contribution in [3.05, 3.63) is 12.7 Å². The van der Waals surface area contributed by atoms with Crippen molar-refractivity contribution in [2.45, 2.75) is 6.04 Å². The first-order chi connectivity index (χ1) is 4.24. The summed E-state index contributed by atoms with van der Waals surface area (Å²) in [5.41, 5.74) is 5.43. The number of carbonyl (C=O) groups excluding carboxylic acids is 1. The number of halogens is 1. The van der Waals surface area contributed by atoms with Gasteiger partial charge in [-0.2, -0.15) is 0 Å². The Kier molecular flexibility index (Phi) is 3.39. The molecule has 1 rings (SSSR count). The molecule has 1 aliphatic heterocycles. The van der Waals surface area contributed by atoms with Gasteiger partial charge in [0, 0.05) is 19.1 Å². The fraction of sp³-hybridized carbons (Fsp3) is 0.500. The Bertz CT molecular complexity index is 143. The molecule has 0 radical (unpaired) electrons. The Hall–Kier alpha value is -0.540. The quantitative estimate of drug-likeness (QED) is 0.542. The number of carbonyl (C=O) groups is 1. The average molecular weight is 163 g/mol. The molecule has 1 fully saturated rings. The Labute approximate surface area is 66.3 Å². The van der Waals surface area contributed by atoms with Gasteiger partial charge in [0.05, 0.1) is 0 Å². The fourth-order valence-electron chi connectivity index (χ4n) is 0.822. The molecule has 0 bridgehead atoms. The Balaban J connectivity index is 0.000000810. The summed E-state index contributed by atoms with van der Waals surface area (Å²) in [5.74, 6) is -0.0169. The zero-order valence-electron chi connectivity index (χ0n) is 5.62. The zero-order valence-corrected chi connectivity index (χ0v) is 6.43. The van der Waals surface area contributed by atoms with Crippen LogP contribution in [-0.2, 0) is 4.79 Å². The predicted molar refractivity (Wildman–Crippen MR) is 42.0 cm³/mol. The first-order valence-electron chi connectivity index (χ1n) is 2.91. The monoisotopic (exact) mass is 162 g/mol. The average Bonchev–Trinajstić information content (AvgIpc) is 1.79. The van der Waals surface area contributed by atoms with Crippen molar-refractivity contribution < 1.29 is 4.79 Å². The maximum absolute atomic E-state index is 10.7. The molecule has 1 aliphatic rings. The summed E-state index contributed by atoms with van der Waals surface area (Å²) in [6.07, 6.45) is 1.31. The van der Waals surface area contributed by atoms with Crippen LogP contribution < -0.4 is 5.73 Å². The van der Waals surface area contributed by atoms with Gasteiger partial charge in [-0.15, -0.1) is 12.4 Å². The Morgan fingerprint density at radius 3 is 2.50 bits per heavy atom. The van der Waals surface area contributed by atoms with Crippen LogP contribution in [0.4, 0.5) is 0 Å². The van der Waals surface area contributed by atoms with Crippen molar-refractivity contribution in [2.75, 3.05) is 13.1 Å². The summed E-state index contributed by atoms with van der Waals surface area (Å²) in [7, 11) is 0. The molecule has 10 heavy (non-hydrogen) atoms. The molecule has 4 heteroatoms. The van der Waals surface area contributed by atoms with Crippen LogP contribution >= 0.6 is 12.4 Å². The molecule has 0 atom stereocenters. The maximum atomic E-state index is 10.7. The third-order valence-electron chi connectivity index (χ3n) is 1.40. The lowest BCUT2D eigenvalue weighted by atomic mass is 10.1. The van der Waals surface area contributed by atoms with Crippen LogP contribution in [0.5, 0.6) is 0 Å². The SMILES string of the molecule is C=CC(=O)N1CC(N)C1.Cl. The summed E-state index contributed by atoms with van der Waals surface area (Å²) >= 11 is 0. The molecule has 0 aliphatic carbocycles. The standard InChI is InChI=1S/C6H10N2O.ClH/c1-2-6(9)8-3-5(7)4-8;/h2,5H,1,3-4,7H2;1H. The van der Waals surface area contributed by atoms with E-state index in [9.17, 15) is 4.79 Å². The van der Waals surface area contributed by atoms with Crippen molar-refractivity contribution >= 4 is 18.3 Å². The molecule has 58 valence electrons. The van der Waals surface area contributed by atoms with Gasteiger partial charge in [0.2, 0.25) is 5.91 Å². The van der Waals surface area contributed by atoms with E-state index in [1.807, 2.05) is 0 Å². The van der Waals surface area contributed by atoms with Crippen LogP contribution in [0.15, 0.2) is 12.7 Å². The Morgan fingerprint density at radius 1 is 1.70 bits per heavy atom. The predicted octanol–water partition coefficient (Wildman–Crippen LogP) is -0.236. The van der Waals surface area contributed by atoms with Crippen LogP contribution in [-0.4, -0.2) is 29.9 Å². The molecule has 1 saturated heterocycles. The number of likely N-dealkylation sites (tertiary alicyclic amines) is 1. The van der Waals surface area contributed by atoms with Gasteiger partial charge in [-0.3, -0.25) is 4.79 Å². The van der Waals surface area contributed by atoms with E-state index < -0.39 is 0 Å². The lowest BCUT2D eigenvalue weighted by Gasteiger charge is -2.35. The Morgan fingerprint density at radius 2 is 2.20 bits per heavy atom. The molecule has 0 spiro atoms.